The van der Waals surface area contributed by atoms with Crippen molar-refractivity contribution in [3.8, 4) is 5.75 Å². The number of benzene rings is 3. The number of nitrogens with zero attached hydrogens (tertiary/aromatic N) is 1. The van der Waals surface area contributed by atoms with Crippen LogP contribution < -0.4 is 15.4 Å². The van der Waals surface area contributed by atoms with Crippen LogP contribution in [0.3, 0.4) is 0 Å². The number of hydrogen-bond donors (Lipinski definition) is 3. The first-order chi connectivity index (χ1) is 22.3. The normalized spacial score (nSPS) is 13.4. The van der Waals surface area contributed by atoms with Gasteiger partial charge in [-0.05, 0) is 68.1 Å². The molecule has 0 aliphatic carbocycles. The summed E-state index contributed by atoms with van der Waals surface area (Å²) in [4.78, 5) is 54.8. The molecule has 3 aromatic rings. The van der Waals surface area contributed by atoms with Crippen LogP contribution in [0.25, 0.3) is 10.8 Å². The summed E-state index contributed by atoms with van der Waals surface area (Å²) in [5.74, 6) is -1.69. The third-order valence-electron chi connectivity index (χ3n) is 7.44. The van der Waals surface area contributed by atoms with Crippen molar-refractivity contribution in [2.75, 3.05) is 19.7 Å². The lowest BCUT2D eigenvalue weighted by Gasteiger charge is -2.31. The summed E-state index contributed by atoms with van der Waals surface area (Å²) in [5, 5.41) is 18.5. The molecule has 0 aliphatic heterocycles. The molecule has 0 aromatic heterocycles. The van der Waals surface area contributed by atoms with Gasteiger partial charge in [0.15, 0.2) is 0 Å². The highest BCUT2D eigenvalue weighted by atomic mass is 16.6. The van der Waals surface area contributed by atoms with Gasteiger partial charge in [0.05, 0.1) is 19.0 Å². The second-order valence-corrected chi connectivity index (χ2v) is 13.0. The van der Waals surface area contributed by atoms with E-state index in [9.17, 15) is 24.3 Å². The number of rotatable bonds is 16. The number of amides is 3. The second kappa shape index (κ2) is 17.5. The van der Waals surface area contributed by atoms with Crippen LogP contribution in [0.15, 0.2) is 72.8 Å². The molecule has 0 heterocycles. The van der Waals surface area contributed by atoms with E-state index >= 15 is 0 Å². The molecule has 0 saturated carbocycles. The lowest BCUT2D eigenvalue weighted by molar-refractivity contribution is -0.156. The van der Waals surface area contributed by atoms with Crippen LogP contribution in [0.1, 0.15) is 71.2 Å². The van der Waals surface area contributed by atoms with Crippen molar-refractivity contribution in [2.45, 2.75) is 84.6 Å². The molecule has 10 nitrogen and oxygen atoms in total. The Bertz CT molecular complexity index is 1490. The number of hydrogen-bond acceptors (Lipinski definition) is 7. The zero-order valence-corrected chi connectivity index (χ0v) is 28.3. The van der Waals surface area contributed by atoms with E-state index in [2.05, 4.69) is 10.6 Å². The largest absolute Gasteiger partial charge is 0.491 e. The van der Waals surface area contributed by atoms with Crippen LogP contribution in [-0.2, 0) is 19.1 Å². The van der Waals surface area contributed by atoms with Gasteiger partial charge in [-0.2, -0.15) is 0 Å². The number of fused-ring (bicyclic) bond motifs is 1. The molecule has 254 valence electrons. The molecular formula is C37H49N3O7. The van der Waals surface area contributed by atoms with Gasteiger partial charge in [0, 0.05) is 12.1 Å². The van der Waals surface area contributed by atoms with E-state index in [1.807, 2.05) is 57.2 Å². The highest BCUT2D eigenvalue weighted by Gasteiger charge is 2.32. The number of carbonyl (C=O) groups is 4. The van der Waals surface area contributed by atoms with Crippen LogP contribution in [0.2, 0.25) is 0 Å². The predicted octanol–water partition coefficient (Wildman–Crippen LogP) is 4.88. The fourth-order valence-corrected chi connectivity index (χ4v) is 4.97. The topological polar surface area (TPSA) is 134 Å². The standard InChI is InChI=1S/C37H49N3O7/c1-7-8-20-40(36(45)34(25(2)3)39-35(44)28-19-18-26-14-12-13-15-27(26)21-28)23-32(42)38-30(22-33(43)47-37(4,5)6)31(41)24-46-29-16-10-9-11-17-29/h9-19,21,25,30-31,34,41H,7-8,20,22-24H2,1-6H3,(H,38,42)(H,39,44)/t30-,31?,34-/m0/s1. The zero-order valence-electron chi connectivity index (χ0n) is 28.3. The summed E-state index contributed by atoms with van der Waals surface area (Å²) in [6.07, 6.45) is -0.145. The number of nitrogens with one attached hydrogen (secondary N) is 2. The first-order valence-corrected chi connectivity index (χ1v) is 16.2. The van der Waals surface area contributed by atoms with Gasteiger partial charge in [0.1, 0.15) is 30.1 Å². The number of carbonyl (C=O) groups excluding carboxylic acids is 4. The average Bonchev–Trinajstić information content (AvgIpc) is 3.02. The first-order valence-electron chi connectivity index (χ1n) is 16.2. The molecular weight excluding hydrogens is 598 g/mol. The van der Waals surface area contributed by atoms with E-state index in [1.54, 1.807) is 57.2 Å². The van der Waals surface area contributed by atoms with Crippen LogP contribution >= 0.6 is 0 Å². The maximum absolute atomic E-state index is 13.9. The third kappa shape index (κ3) is 12.0. The molecule has 10 heteroatoms. The van der Waals surface area contributed by atoms with Crippen molar-refractivity contribution in [1.29, 1.82) is 0 Å². The Hall–Kier alpha value is -4.44. The van der Waals surface area contributed by atoms with Gasteiger partial charge in [-0.15, -0.1) is 0 Å². The van der Waals surface area contributed by atoms with E-state index < -0.39 is 41.6 Å². The maximum Gasteiger partial charge on any atom is 0.308 e. The summed E-state index contributed by atoms with van der Waals surface area (Å²) >= 11 is 0. The fourth-order valence-electron chi connectivity index (χ4n) is 4.97. The van der Waals surface area contributed by atoms with E-state index in [4.69, 9.17) is 9.47 Å². The zero-order chi connectivity index (χ0) is 34.6. The van der Waals surface area contributed by atoms with Gasteiger partial charge in [-0.3, -0.25) is 19.2 Å². The highest BCUT2D eigenvalue weighted by Crippen LogP contribution is 2.17. The van der Waals surface area contributed by atoms with Crippen molar-refractivity contribution in [2.24, 2.45) is 5.92 Å². The lowest BCUT2D eigenvalue weighted by atomic mass is 10.0. The second-order valence-electron chi connectivity index (χ2n) is 13.0. The summed E-state index contributed by atoms with van der Waals surface area (Å²) in [6, 6.07) is 20.0. The molecule has 0 radical (unpaired) electrons. The van der Waals surface area contributed by atoms with Crippen molar-refractivity contribution < 1.29 is 33.8 Å². The van der Waals surface area contributed by atoms with Gasteiger partial charge >= 0.3 is 5.97 Å². The number of esters is 1. The Morgan fingerprint density at radius 3 is 2.19 bits per heavy atom. The van der Waals surface area contributed by atoms with E-state index in [0.29, 0.717) is 17.7 Å². The number of aliphatic hydroxyl groups is 1. The van der Waals surface area contributed by atoms with E-state index in [1.165, 1.54) is 4.90 Å². The number of aliphatic hydroxyl groups excluding tert-OH is 1. The summed E-state index contributed by atoms with van der Waals surface area (Å²) in [5.41, 5.74) is -0.333. The van der Waals surface area contributed by atoms with Crippen molar-refractivity contribution in [3.63, 3.8) is 0 Å². The summed E-state index contributed by atoms with van der Waals surface area (Å²) in [7, 11) is 0. The minimum Gasteiger partial charge on any atom is -0.491 e. The molecule has 0 spiro atoms. The number of ether oxygens (including phenoxy) is 2. The molecule has 0 aliphatic rings. The van der Waals surface area contributed by atoms with Gasteiger partial charge in [0.25, 0.3) is 5.91 Å². The first kappa shape index (κ1) is 37.0. The molecule has 3 rings (SSSR count). The Balaban J connectivity index is 1.75. The van der Waals surface area contributed by atoms with Crippen LogP contribution in [0, 0.1) is 5.92 Å². The molecule has 3 N–H and O–H groups in total. The Morgan fingerprint density at radius 2 is 1.55 bits per heavy atom. The number of unbranched alkanes of at least 4 members (excludes halogenated alkanes) is 1. The van der Waals surface area contributed by atoms with Gasteiger partial charge in [-0.25, -0.2) is 0 Å². The average molecular weight is 648 g/mol. The Labute approximate surface area is 277 Å². The maximum atomic E-state index is 13.9. The van der Waals surface area contributed by atoms with Gasteiger partial charge in [-0.1, -0.05) is 75.7 Å². The Kier molecular flexibility index (Phi) is 13.8. The Morgan fingerprint density at radius 1 is 0.894 bits per heavy atom. The lowest BCUT2D eigenvalue weighted by Crippen LogP contribution is -2.55. The van der Waals surface area contributed by atoms with Crippen LogP contribution in [-0.4, -0.2) is 77.2 Å². The quantitative estimate of drug-likeness (QED) is 0.189. The molecule has 0 saturated heterocycles. The van der Waals surface area contributed by atoms with Gasteiger partial charge in [0.2, 0.25) is 11.8 Å². The minimum absolute atomic E-state index is 0.188. The third-order valence-corrected chi connectivity index (χ3v) is 7.44. The predicted molar refractivity (Wildman–Crippen MR) is 182 cm³/mol. The summed E-state index contributed by atoms with van der Waals surface area (Å²) in [6.45, 7) is 10.6. The van der Waals surface area contributed by atoms with Gasteiger partial charge < -0.3 is 30.1 Å². The van der Waals surface area contributed by atoms with Crippen molar-refractivity contribution >= 4 is 34.5 Å². The summed E-state index contributed by atoms with van der Waals surface area (Å²) < 4.78 is 11.1. The fraction of sp³-hybridized carbons (Fsp3) is 0.459. The van der Waals surface area contributed by atoms with Crippen LogP contribution in [0.5, 0.6) is 5.75 Å². The molecule has 3 aromatic carbocycles. The monoisotopic (exact) mass is 647 g/mol. The molecule has 47 heavy (non-hydrogen) atoms. The smallest absolute Gasteiger partial charge is 0.308 e. The van der Waals surface area contributed by atoms with E-state index in [-0.39, 0.29) is 37.9 Å². The molecule has 3 amide bonds. The van der Waals surface area contributed by atoms with Crippen molar-refractivity contribution in [1.82, 2.24) is 15.5 Å². The molecule has 1 unspecified atom stereocenters. The number of para-hydroxylation sites is 1. The minimum atomic E-state index is -1.25. The molecule has 3 atom stereocenters. The van der Waals surface area contributed by atoms with Crippen molar-refractivity contribution in [3.05, 3.63) is 78.4 Å². The highest BCUT2D eigenvalue weighted by molar-refractivity contribution is 6.01. The molecule has 0 bridgehead atoms. The molecule has 0 fully saturated rings. The van der Waals surface area contributed by atoms with Crippen LogP contribution in [0.4, 0.5) is 0 Å². The van der Waals surface area contributed by atoms with E-state index in [0.717, 1.165) is 17.2 Å². The SMILES string of the molecule is CCCCN(CC(=O)N[C@@H](CC(=O)OC(C)(C)C)C(O)COc1ccccc1)C(=O)[C@@H](NC(=O)c1ccc2ccccc2c1)C(C)C.